The maximum atomic E-state index is 12.2. The van der Waals surface area contributed by atoms with Crippen LogP contribution in [0.25, 0.3) is 10.7 Å². The summed E-state index contributed by atoms with van der Waals surface area (Å²) in [4.78, 5) is 5.19. The molecule has 0 aliphatic carbocycles. The van der Waals surface area contributed by atoms with Gasteiger partial charge in [0.25, 0.3) is 0 Å². The average molecular weight is 363 g/mol. The number of hydrogen-bond acceptors (Lipinski definition) is 6. The second-order valence-corrected chi connectivity index (χ2v) is 8.07. The van der Waals surface area contributed by atoms with Crippen LogP contribution in [-0.2, 0) is 22.2 Å². The molecule has 0 atom stereocenters. The maximum absolute atomic E-state index is 12.2. The SMILES string of the molecule is Cc1ccccc1CS(=O)(=O)NCCc1nc(-c2cccs2)no1. The molecule has 2 aromatic heterocycles. The minimum Gasteiger partial charge on any atom is -0.339 e. The van der Waals surface area contributed by atoms with Gasteiger partial charge in [0.2, 0.25) is 21.7 Å². The number of hydrogen-bond donors (Lipinski definition) is 1. The number of aryl methyl sites for hydroxylation is 1. The van der Waals surface area contributed by atoms with Gasteiger partial charge in [-0.3, -0.25) is 0 Å². The van der Waals surface area contributed by atoms with Gasteiger partial charge in [-0.2, -0.15) is 4.98 Å². The van der Waals surface area contributed by atoms with E-state index in [9.17, 15) is 8.42 Å². The Bertz CT molecular complexity index is 902. The van der Waals surface area contributed by atoms with Crippen molar-refractivity contribution in [2.45, 2.75) is 19.1 Å². The van der Waals surface area contributed by atoms with Crippen molar-refractivity contribution in [2.75, 3.05) is 6.54 Å². The van der Waals surface area contributed by atoms with Crippen LogP contribution in [-0.4, -0.2) is 25.1 Å². The lowest BCUT2D eigenvalue weighted by Gasteiger charge is -2.07. The molecule has 1 aromatic carbocycles. The van der Waals surface area contributed by atoms with Crippen LogP contribution in [0.4, 0.5) is 0 Å². The van der Waals surface area contributed by atoms with Crippen LogP contribution in [0.2, 0.25) is 0 Å². The summed E-state index contributed by atoms with van der Waals surface area (Å²) < 4.78 is 32.0. The lowest BCUT2D eigenvalue weighted by Crippen LogP contribution is -2.27. The molecular formula is C16H17N3O3S2. The molecule has 3 rings (SSSR count). The van der Waals surface area contributed by atoms with E-state index in [1.54, 1.807) is 0 Å². The summed E-state index contributed by atoms with van der Waals surface area (Å²) in [5.74, 6) is 0.906. The van der Waals surface area contributed by atoms with Crippen LogP contribution in [0.3, 0.4) is 0 Å². The lowest BCUT2D eigenvalue weighted by molar-refractivity contribution is 0.379. The Labute approximate surface area is 144 Å². The number of nitrogens with one attached hydrogen (secondary N) is 1. The molecule has 3 aromatic rings. The van der Waals surface area contributed by atoms with Gasteiger partial charge in [-0.1, -0.05) is 35.5 Å². The van der Waals surface area contributed by atoms with Crippen LogP contribution in [0, 0.1) is 6.92 Å². The Morgan fingerprint density at radius 1 is 1.21 bits per heavy atom. The number of sulfonamides is 1. The third-order valence-corrected chi connectivity index (χ3v) is 5.68. The second-order valence-electron chi connectivity index (χ2n) is 5.32. The zero-order chi connectivity index (χ0) is 17.0. The predicted molar refractivity (Wildman–Crippen MR) is 93.1 cm³/mol. The van der Waals surface area contributed by atoms with Crippen molar-refractivity contribution in [1.29, 1.82) is 0 Å². The molecule has 126 valence electrons. The molecule has 0 fully saturated rings. The smallest absolute Gasteiger partial charge is 0.228 e. The molecule has 0 spiro atoms. The van der Waals surface area contributed by atoms with Gasteiger partial charge in [-0.15, -0.1) is 11.3 Å². The molecule has 0 aliphatic heterocycles. The summed E-state index contributed by atoms with van der Waals surface area (Å²) in [7, 11) is -3.40. The highest BCUT2D eigenvalue weighted by atomic mass is 32.2. The highest BCUT2D eigenvalue weighted by molar-refractivity contribution is 7.88. The van der Waals surface area contributed by atoms with E-state index in [-0.39, 0.29) is 12.3 Å². The van der Waals surface area contributed by atoms with E-state index in [1.165, 1.54) is 11.3 Å². The number of nitrogens with zero attached hydrogens (tertiary/aromatic N) is 2. The number of rotatable bonds is 7. The number of aromatic nitrogens is 2. The molecule has 0 saturated carbocycles. The quantitative estimate of drug-likeness (QED) is 0.698. The van der Waals surface area contributed by atoms with Gasteiger partial charge >= 0.3 is 0 Å². The summed E-state index contributed by atoms with van der Waals surface area (Å²) in [6.45, 7) is 2.12. The van der Waals surface area contributed by atoms with Gasteiger partial charge in [0.05, 0.1) is 10.6 Å². The third kappa shape index (κ3) is 4.28. The largest absolute Gasteiger partial charge is 0.339 e. The van der Waals surface area contributed by atoms with Crippen molar-refractivity contribution < 1.29 is 12.9 Å². The number of thiophene rings is 1. The van der Waals surface area contributed by atoms with Crippen LogP contribution in [0.5, 0.6) is 0 Å². The van der Waals surface area contributed by atoms with Gasteiger partial charge < -0.3 is 4.52 Å². The van der Waals surface area contributed by atoms with E-state index >= 15 is 0 Å². The summed E-state index contributed by atoms with van der Waals surface area (Å²) >= 11 is 1.52. The molecule has 0 amide bonds. The van der Waals surface area contributed by atoms with Crippen LogP contribution < -0.4 is 4.72 Å². The van der Waals surface area contributed by atoms with E-state index in [0.717, 1.165) is 16.0 Å². The van der Waals surface area contributed by atoms with E-state index < -0.39 is 10.0 Å². The van der Waals surface area contributed by atoms with Crippen molar-refractivity contribution in [1.82, 2.24) is 14.9 Å². The Morgan fingerprint density at radius 3 is 2.79 bits per heavy atom. The first-order valence-electron chi connectivity index (χ1n) is 7.42. The Balaban J connectivity index is 1.55. The van der Waals surface area contributed by atoms with Gasteiger partial charge in [0, 0.05) is 13.0 Å². The monoisotopic (exact) mass is 363 g/mol. The molecule has 0 radical (unpaired) electrons. The summed E-state index contributed by atoms with van der Waals surface area (Å²) in [5, 5.41) is 5.84. The third-order valence-electron chi connectivity index (χ3n) is 3.48. The molecule has 8 heteroatoms. The predicted octanol–water partition coefficient (Wildman–Crippen LogP) is 2.77. The van der Waals surface area contributed by atoms with Gasteiger partial charge in [0.15, 0.2) is 0 Å². The first kappa shape index (κ1) is 16.8. The standard InChI is InChI=1S/C16H17N3O3S2/c1-12-5-2-3-6-13(12)11-24(20,21)17-9-8-15-18-16(19-22-15)14-7-4-10-23-14/h2-7,10,17H,8-9,11H2,1H3. The average Bonchev–Trinajstić information content (AvgIpc) is 3.20. The number of benzene rings is 1. The van der Waals surface area contributed by atoms with Crippen molar-refractivity contribution in [3.05, 3.63) is 58.8 Å². The van der Waals surface area contributed by atoms with Crippen molar-refractivity contribution in [3.8, 4) is 10.7 Å². The van der Waals surface area contributed by atoms with Gasteiger partial charge in [-0.25, -0.2) is 13.1 Å². The lowest BCUT2D eigenvalue weighted by atomic mass is 10.1. The van der Waals surface area contributed by atoms with Crippen molar-refractivity contribution >= 4 is 21.4 Å². The van der Waals surface area contributed by atoms with E-state index in [1.807, 2.05) is 48.7 Å². The molecule has 0 saturated heterocycles. The topological polar surface area (TPSA) is 85.1 Å². The normalized spacial score (nSPS) is 11.7. The minimum absolute atomic E-state index is 0.0377. The van der Waals surface area contributed by atoms with Crippen LogP contribution in [0.15, 0.2) is 46.3 Å². The first-order valence-corrected chi connectivity index (χ1v) is 9.95. The molecule has 0 unspecified atom stereocenters. The summed E-state index contributed by atoms with van der Waals surface area (Å²) in [6, 6.07) is 11.3. The molecule has 0 bridgehead atoms. The van der Waals surface area contributed by atoms with Gasteiger partial charge in [0.1, 0.15) is 0 Å². The van der Waals surface area contributed by atoms with E-state index in [0.29, 0.717) is 18.1 Å². The highest BCUT2D eigenvalue weighted by Crippen LogP contribution is 2.21. The minimum atomic E-state index is -3.40. The summed E-state index contributed by atoms with van der Waals surface area (Å²) in [6.07, 6.45) is 0.353. The molecule has 2 heterocycles. The summed E-state index contributed by atoms with van der Waals surface area (Å²) in [5.41, 5.74) is 1.75. The van der Waals surface area contributed by atoms with E-state index in [4.69, 9.17) is 4.52 Å². The van der Waals surface area contributed by atoms with Crippen LogP contribution in [0.1, 0.15) is 17.0 Å². The van der Waals surface area contributed by atoms with Crippen molar-refractivity contribution in [3.63, 3.8) is 0 Å². The zero-order valence-corrected chi connectivity index (χ0v) is 14.7. The molecular weight excluding hydrogens is 346 g/mol. The molecule has 0 aliphatic rings. The molecule has 24 heavy (non-hydrogen) atoms. The van der Waals surface area contributed by atoms with Crippen LogP contribution >= 0.6 is 11.3 Å². The Hall–Kier alpha value is -2.03. The Morgan fingerprint density at radius 2 is 2.04 bits per heavy atom. The maximum Gasteiger partial charge on any atom is 0.228 e. The van der Waals surface area contributed by atoms with E-state index in [2.05, 4.69) is 14.9 Å². The van der Waals surface area contributed by atoms with Gasteiger partial charge in [-0.05, 0) is 29.5 Å². The zero-order valence-electron chi connectivity index (χ0n) is 13.1. The molecule has 6 nitrogen and oxygen atoms in total. The fraction of sp³-hybridized carbons (Fsp3) is 0.250. The fourth-order valence-corrected chi connectivity index (χ4v) is 4.10. The highest BCUT2D eigenvalue weighted by Gasteiger charge is 2.14. The Kier molecular flexibility index (Phi) is 5.08. The first-order chi connectivity index (χ1) is 11.5. The molecule has 1 N–H and O–H groups in total. The fourth-order valence-electron chi connectivity index (χ4n) is 2.20. The van der Waals surface area contributed by atoms with Crippen molar-refractivity contribution in [2.24, 2.45) is 0 Å². The second kappa shape index (κ2) is 7.25.